The third kappa shape index (κ3) is 4.55. The number of nitrogens with one attached hydrogen (secondary N) is 2. The number of aryl methyl sites for hydroxylation is 3. The second kappa shape index (κ2) is 7.43. The van der Waals surface area contributed by atoms with Gasteiger partial charge in [0.2, 0.25) is 21.5 Å². The third-order valence-corrected chi connectivity index (χ3v) is 4.47. The van der Waals surface area contributed by atoms with Crippen LogP contribution < -0.4 is 15.0 Å². The smallest absolute Gasteiger partial charge is 0.248 e. The van der Waals surface area contributed by atoms with Gasteiger partial charge in [-0.1, -0.05) is 0 Å². The second-order valence-electron chi connectivity index (χ2n) is 6.46. The van der Waals surface area contributed by atoms with Crippen LogP contribution in [-0.2, 0) is 10.0 Å². The predicted molar refractivity (Wildman–Crippen MR) is 107 cm³/mol. The maximum absolute atomic E-state index is 11.7. The minimum Gasteiger partial charge on any atom is -0.435 e. The molecule has 2 N–H and O–H groups in total. The van der Waals surface area contributed by atoms with E-state index in [1.807, 2.05) is 19.9 Å². The molecule has 146 valence electrons. The molecule has 0 saturated carbocycles. The lowest BCUT2D eigenvalue weighted by Crippen LogP contribution is -2.11. The van der Waals surface area contributed by atoms with Crippen LogP contribution >= 0.6 is 0 Å². The molecule has 0 saturated heterocycles. The number of H-pyrrole nitrogens is 1. The van der Waals surface area contributed by atoms with Crippen LogP contribution in [0.25, 0.3) is 11.3 Å². The van der Waals surface area contributed by atoms with Crippen molar-refractivity contribution in [2.24, 2.45) is 0 Å². The zero-order chi connectivity index (χ0) is 20.5. The molecule has 0 aromatic carbocycles. The molecule has 3 heterocycles. The van der Waals surface area contributed by atoms with Gasteiger partial charge >= 0.3 is 0 Å². The number of hydrogen-bond acceptors (Lipinski definition) is 6. The Morgan fingerprint density at radius 1 is 1.07 bits per heavy atom. The van der Waals surface area contributed by atoms with Gasteiger partial charge in [-0.2, -0.15) is 0 Å². The molecule has 3 rings (SSSR count). The van der Waals surface area contributed by atoms with Crippen molar-refractivity contribution in [3.8, 4) is 22.9 Å². The van der Waals surface area contributed by atoms with Crippen LogP contribution in [-0.4, -0.2) is 29.6 Å². The number of rotatable bonds is 5. The van der Waals surface area contributed by atoms with Crippen molar-refractivity contribution >= 4 is 15.7 Å². The average molecular weight is 400 g/mol. The van der Waals surface area contributed by atoms with Crippen molar-refractivity contribution in [2.75, 3.05) is 11.0 Å². The summed E-state index contributed by atoms with van der Waals surface area (Å²) < 4.78 is 31.8. The SMILES string of the molecule is Cc1cc(C)c(Oc2nc(-c3cc[nH]c(=O)c3)ccc2NS(C)(=O)=O)c(C)n1. The van der Waals surface area contributed by atoms with E-state index in [0.29, 0.717) is 22.7 Å². The molecule has 0 fully saturated rings. The Morgan fingerprint density at radius 3 is 2.46 bits per heavy atom. The maximum atomic E-state index is 11.7. The van der Waals surface area contributed by atoms with Crippen LogP contribution in [0.1, 0.15) is 17.0 Å². The highest BCUT2D eigenvalue weighted by Crippen LogP contribution is 2.34. The summed E-state index contributed by atoms with van der Waals surface area (Å²) in [6.45, 7) is 5.56. The quantitative estimate of drug-likeness (QED) is 0.681. The normalized spacial score (nSPS) is 11.3. The van der Waals surface area contributed by atoms with E-state index in [1.165, 1.54) is 12.3 Å². The number of sulfonamides is 1. The summed E-state index contributed by atoms with van der Waals surface area (Å²) in [5, 5.41) is 0. The van der Waals surface area contributed by atoms with Crippen molar-refractivity contribution < 1.29 is 13.2 Å². The first-order chi connectivity index (χ1) is 13.1. The topological polar surface area (TPSA) is 114 Å². The van der Waals surface area contributed by atoms with E-state index in [-0.39, 0.29) is 17.1 Å². The number of hydrogen-bond donors (Lipinski definition) is 2. The van der Waals surface area contributed by atoms with Crippen molar-refractivity contribution in [1.82, 2.24) is 15.0 Å². The summed E-state index contributed by atoms with van der Waals surface area (Å²) in [4.78, 5) is 23.0. The predicted octanol–water partition coefficient (Wildman–Crippen LogP) is 2.92. The van der Waals surface area contributed by atoms with E-state index in [4.69, 9.17) is 4.74 Å². The van der Waals surface area contributed by atoms with Gasteiger partial charge in [0.1, 0.15) is 5.69 Å². The Bertz CT molecular complexity index is 1180. The zero-order valence-electron chi connectivity index (χ0n) is 15.9. The van der Waals surface area contributed by atoms with Crippen LogP contribution in [0.5, 0.6) is 11.6 Å². The number of aromatic nitrogens is 3. The molecule has 9 heteroatoms. The standard InChI is InChI=1S/C19H20N4O4S/c1-11-9-12(2)21-13(3)18(11)27-19-16(23-28(4,25)26)6-5-15(22-19)14-7-8-20-17(24)10-14/h5-10,23H,1-4H3,(H,20,24). The molecule has 8 nitrogen and oxygen atoms in total. The van der Waals surface area contributed by atoms with Gasteiger partial charge in [-0.05, 0) is 50.6 Å². The Hall–Kier alpha value is -3.20. The van der Waals surface area contributed by atoms with E-state index in [0.717, 1.165) is 17.5 Å². The second-order valence-corrected chi connectivity index (χ2v) is 8.21. The van der Waals surface area contributed by atoms with Crippen molar-refractivity contribution in [1.29, 1.82) is 0 Å². The van der Waals surface area contributed by atoms with E-state index in [2.05, 4.69) is 19.7 Å². The highest BCUT2D eigenvalue weighted by Gasteiger charge is 2.16. The van der Waals surface area contributed by atoms with Gasteiger partial charge in [-0.3, -0.25) is 14.5 Å². The summed E-state index contributed by atoms with van der Waals surface area (Å²) in [7, 11) is -3.54. The van der Waals surface area contributed by atoms with Crippen LogP contribution in [0.2, 0.25) is 0 Å². The molecule has 0 aliphatic carbocycles. The molecule has 0 aliphatic rings. The number of ether oxygens (including phenoxy) is 1. The summed E-state index contributed by atoms with van der Waals surface area (Å²) in [6.07, 6.45) is 2.56. The molecule has 3 aromatic heterocycles. The summed E-state index contributed by atoms with van der Waals surface area (Å²) >= 11 is 0. The fourth-order valence-corrected chi connectivity index (χ4v) is 3.38. The van der Waals surface area contributed by atoms with Crippen molar-refractivity contribution in [2.45, 2.75) is 20.8 Å². The molecule has 0 amide bonds. The first-order valence-electron chi connectivity index (χ1n) is 8.43. The first-order valence-corrected chi connectivity index (χ1v) is 10.3. The lowest BCUT2D eigenvalue weighted by molar-refractivity contribution is 0.455. The Morgan fingerprint density at radius 2 is 1.82 bits per heavy atom. The molecule has 3 aromatic rings. The highest BCUT2D eigenvalue weighted by molar-refractivity contribution is 7.92. The summed E-state index contributed by atoms with van der Waals surface area (Å²) in [5.41, 5.74) is 3.32. The highest BCUT2D eigenvalue weighted by atomic mass is 32.2. The van der Waals surface area contributed by atoms with Gasteiger partial charge in [-0.25, -0.2) is 13.4 Å². The van der Waals surface area contributed by atoms with Crippen molar-refractivity contribution in [3.05, 3.63) is 63.8 Å². The molecular weight excluding hydrogens is 380 g/mol. The zero-order valence-corrected chi connectivity index (χ0v) is 16.7. The van der Waals surface area contributed by atoms with Gasteiger partial charge in [0.05, 0.1) is 17.6 Å². The lowest BCUT2D eigenvalue weighted by atomic mass is 10.1. The largest absolute Gasteiger partial charge is 0.435 e. The molecule has 0 unspecified atom stereocenters. The van der Waals surface area contributed by atoms with Gasteiger partial charge < -0.3 is 9.72 Å². The summed E-state index contributed by atoms with van der Waals surface area (Å²) in [5.74, 6) is 0.567. The minimum atomic E-state index is -3.54. The number of pyridine rings is 3. The molecule has 0 bridgehead atoms. The Kier molecular flexibility index (Phi) is 5.19. The van der Waals surface area contributed by atoms with E-state index >= 15 is 0 Å². The summed E-state index contributed by atoms with van der Waals surface area (Å²) in [6, 6.07) is 8.13. The Balaban J connectivity index is 2.13. The number of nitrogens with zero attached hydrogens (tertiary/aromatic N) is 2. The van der Waals surface area contributed by atoms with Crippen LogP contribution in [0.4, 0.5) is 5.69 Å². The monoisotopic (exact) mass is 400 g/mol. The van der Waals surface area contributed by atoms with Gasteiger partial charge in [0, 0.05) is 23.5 Å². The molecule has 0 radical (unpaired) electrons. The average Bonchev–Trinajstić information content (AvgIpc) is 2.58. The maximum Gasteiger partial charge on any atom is 0.248 e. The fourth-order valence-electron chi connectivity index (χ4n) is 2.82. The molecule has 28 heavy (non-hydrogen) atoms. The van der Waals surface area contributed by atoms with E-state index in [1.54, 1.807) is 25.1 Å². The Labute approximate surface area is 162 Å². The van der Waals surface area contributed by atoms with E-state index < -0.39 is 10.0 Å². The molecular formula is C19H20N4O4S. The third-order valence-electron chi connectivity index (χ3n) is 3.88. The van der Waals surface area contributed by atoms with Gasteiger partial charge in [-0.15, -0.1) is 0 Å². The van der Waals surface area contributed by atoms with E-state index in [9.17, 15) is 13.2 Å². The minimum absolute atomic E-state index is 0.0695. The first kappa shape index (κ1) is 19.6. The van der Waals surface area contributed by atoms with Crippen molar-refractivity contribution in [3.63, 3.8) is 0 Å². The van der Waals surface area contributed by atoms with Gasteiger partial charge in [0.15, 0.2) is 5.75 Å². The molecule has 0 aliphatic heterocycles. The number of aromatic amines is 1. The number of anilines is 1. The van der Waals surface area contributed by atoms with Crippen LogP contribution in [0.3, 0.4) is 0 Å². The van der Waals surface area contributed by atoms with Crippen LogP contribution in [0, 0.1) is 20.8 Å². The van der Waals surface area contributed by atoms with Gasteiger partial charge in [0.25, 0.3) is 0 Å². The van der Waals surface area contributed by atoms with Crippen LogP contribution in [0.15, 0.2) is 41.3 Å². The lowest BCUT2D eigenvalue weighted by Gasteiger charge is -2.15. The molecule has 0 spiro atoms. The fraction of sp³-hybridized carbons (Fsp3) is 0.211. The molecule has 0 atom stereocenters.